The molecule has 3 aromatic rings. The predicted octanol–water partition coefficient (Wildman–Crippen LogP) is 4.22. The number of hydrogen-bond acceptors (Lipinski definition) is 6. The van der Waals surface area contributed by atoms with Crippen LogP contribution in [0.3, 0.4) is 0 Å². The van der Waals surface area contributed by atoms with E-state index in [4.69, 9.17) is 27.5 Å². The van der Waals surface area contributed by atoms with Crippen LogP contribution in [0.4, 0.5) is 5.82 Å². The molecule has 174 valence electrons. The first-order valence-electron chi connectivity index (χ1n) is 10.4. The molecule has 9 heteroatoms. The topological polar surface area (TPSA) is 82.5 Å². The highest BCUT2D eigenvalue weighted by Gasteiger charge is 2.32. The SMILES string of the molecule is C#CCOc1ccc([C@H]2CC(=O)Nc3c2c(=O)nc(SCc2cccc(Cl)c2)n3C)cc1OC. The van der Waals surface area contributed by atoms with E-state index in [2.05, 4.69) is 16.2 Å². The van der Waals surface area contributed by atoms with Crippen LogP contribution in [-0.4, -0.2) is 29.2 Å². The number of hydrogen-bond donors (Lipinski definition) is 1. The molecular weight excluding hydrogens is 474 g/mol. The number of methoxy groups -OCH3 is 1. The Morgan fingerprint density at radius 2 is 2.09 bits per heavy atom. The first kappa shape index (κ1) is 23.7. The van der Waals surface area contributed by atoms with E-state index in [1.807, 2.05) is 24.3 Å². The highest BCUT2D eigenvalue weighted by Crippen LogP contribution is 2.39. The van der Waals surface area contributed by atoms with Gasteiger partial charge in [-0.05, 0) is 35.4 Å². The Hall–Kier alpha value is -3.41. The summed E-state index contributed by atoms with van der Waals surface area (Å²) < 4.78 is 12.7. The van der Waals surface area contributed by atoms with Crippen molar-refractivity contribution in [1.82, 2.24) is 9.55 Å². The third-order valence-electron chi connectivity index (χ3n) is 5.46. The van der Waals surface area contributed by atoms with E-state index in [-0.39, 0.29) is 24.5 Å². The van der Waals surface area contributed by atoms with E-state index in [9.17, 15) is 9.59 Å². The summed E-state index contributed by atoms with van der Waals surface area (Å²) in [6.07, 6.45) is 5.39. The summed E-state index contributed by atoms with van der Waals surface area (Å²) in [5.74, 6) is 3.74. The number of ether oxygens (including phenoxy) is 2. The van der Waals surface area contributed by atoms with Gasteiger partial charge in [-0.15, -0.1) is 6.42 Å². The van der Waals surface area contributed by atoms with Crippen LogP contribution in [0.5, 0.6) is 11.5 Å². The summed E-state index contributed by atoms with van der Waals surface area (Å²) in [4.78, 5) is 30.1. The fourth-order valence-electron chi connectivity index (χ4n) is 3.86. The molecule has 1 aliphatic rings. The van der Waals surface area contributed by atoms with Crippen LogP contribution < -0.4 is 20.3 Å². The van der Waals surface area contributed by atoms with Crippen molar-refractivity contribution < 1.29 is 14.3 Å². The van der Waals surface area contributed by atoms with Gasteiger partial charge in [-0.2, -0.15) is 4.98 Å². The minimum atomic E-state index is -0.475. The first-order valence-corrected chi connectivity index (χ1v) is 11.8. The normalized spacial score (nSPS) is 14.6. The van der Waals surface area contributed by atoms with Crippen LogP contribution in [0.25, 0.3) is 0 Å². The van der Waals surface area contributed by atoms with Crippen molar-refractivity contribution in [3.63, 3.8) is 0 Å². The lowest BCUT2D eigenvalue weighted by atomic mass is 9.86. The molecule has 0 saturated heterocycles. The number of benzene rings is 2. The Morgan fingerprint density at radius 3 is 2.82 bits per heavy atom. The minimum absolute atomic E-state index is 0.102. The summed E-state index contributed by atoms with van der Waals surface area (Å²) in [5, 5.41) is 4.00. The molecule has 0 aliphatic carbocycles. The molecule has 7 nitrogen and oxygen atoms in total. The van der Waals surface area contributed by atoms with Gasteiger partial charge in [0.2, 0.25) is 5.91 Å². The molecule has 34 heavy (non-hydrogen) atoms. The van der Waals surface area contributed by atoms with E-state index in [0.717, 1.165) is 11.1 Å². The van der Waals surface area contributed by atoms with Crippen molar-refractivity contribution in [2.45, 2.75) is 23.2 Å². The summed E-state index contributed by atoms with van der Waals surface area (Å²) >= 11 is 7.47. The van der Waals surface area contributed by atoms with Crippen molar-refractivity contribution in [3.8, 4) is 23.8 Å². The van der Waals surface area contributed by atoms with Gasteiger partial charge < -0.3 is 19.4 Å². The van der Waals surface area contributed by atoms with Crippen molar-refractivity contribution in [2.24, 2.45) is 7.05 Å². The van der Waals surface area contributed by atoms with Gasteiger partial charge in [0.1, 0.15) is 12.4 Å². The van der Waals surface area contributed by atoms with Gasteiger partial charge in [0, 0.05) is 30.2 Å². The number of nitrogens with one attached hydrogen (secondary N) is 1. The maximum Gasteiger partial charge on any atom is 0.279 e. The number of anilines is 1. The molecule has 0 saturated carbocycles. The zero-order chi connectivity index (χ0) is 24.2. The van der Waals surface area contributed by atoms with Crippen molar-refractivity contribution in [2.75, 3.05) is 19.0 Å². The predicted molar refractivity (Wildman–Crippen MR) is 133 cm³/mol. The molecule has 0 fully saturated rings. The number of rotatable bonds is 7. The Morgan fingerprint density at radius 1 is 1.26 bits per heavy atom. The minimum Gasteiger partial charge on any atom is -0.493 e. The van der Waals surface area contributed by atoms with Crippen molar-refractivity contribution in [1.29, 1.82) is 0 Å². The molecule has 2 aromatic carbocycles. The molecule has 0 spiro atoms. The molecule has 1 aliphatic heterocycles. The number of amides is 1. The van der Waals surface area contributed by atoms with Gasteiger partial charge in [0.05, 0.1) is 12.7 Å². The maximum atomic E-state index is 13.2. The lowest BCUT2D eigenvalue weighted by Gasteiger charge is -2.28. The first-order chi connectivity index (χ1) is 16.4. The van der Waals surface area contributed by atoms with Crippen LogP contribution in [-0.2, 0) is 17.6 Å². The van der Waals surface area contributed by atoms with Crippen LogP contribution >= 0.6 is 23.4 Å². The number of nitrogens with zero attached hydrogens (tertiary/aromatic N) is 2. The van der Waals surface area contributed by atoms with Gasteiger partial charge in [-0.25, -0.2) is 0 Å². The molecule has 1 amide bonds. The molecule has 0 radical (unpaired) electrons. The number of halogens is 1. The zero-order valence-corrected chi connectivity index (χ0v) is 20.2. The Bertz CT molecular complexity index is 1350. The number of aromatic nitrogens is 2. The highest BCUT2D eigenvalue weighted by molar-refractivity contribution is 7.98. The molecule has 2 heterocycles. The summed E-state index contributed by atoms with van der Waals surface area (Å²) in [6.45, 7) is 0.102. The summed E-state index contributed by atoms with van der Waals surface area (Å²) in [5.41, 5.74) is 1.82. The molecular formula is C25H22ClN3O4S. The zero-order valence-electron chi connectivity index (χ0n) is 18.6. The third-order valence-corrected chi connectivity index (χ3v) is 6.79. The summed E-state index contributed by atoms with van der Waals surface area (Å²) in [7, 11) is 3.30. The van der Waals surface area contributed by atoms with Gasteiger partial charge >= 0.3 is 0 Å². The number of terminal acetylenes is 1. The van der Waals surface area contributed by atoms with E-state index >= 15 is 0 Å². The second-order valence-electron chi connectivity index (χ2n) is 7.65. The number of carbonyl (C=O) groups excluding carboxylic acids is 1. The smallest absolute Gasteiger partial charge is 0.279 e. The lowest BCUT2D eigenvalue weighted by molar-refractivity contribution is -0.116. The summed E-state index contributed by atoms with van der Waals surface area (Å²) in [6, 6.07) is 12.8. The highest BCUT2D eigenvalue weighted by atomic mass is 35.5. The van der Waals surface area contributed by atoms with Gasteiger partial charge in [0.25, 0.3) is 5.56 Å². The molecule has 0 bridgehead atoms. The Balaban J connectivity index is 1.70. The van der Waals surface area contributed by atoms with Crippen molar-refractivity contribution >= 4 is 35.1 Å². The van der Waals surface area contributed by atoms with Gasteiger partial charge in [-0.3, -0.25) is 9.59 Å². The fourth-order valence-corrected chi connectivity index (χ4v) is 4.98. The fraction of sp³-hybridized carbons (Fsp3) is 0.240. The van der Waals surface area contributed by atoms with Crippen LogP contribution in [0.15, 0.2) is 52.4 Å². The molecule has 0 unspecified atom stereocenters. The van der Waals surface area contributed by atoms with Crippen LogP contribution in [0, 0.1) is 12.3 Å². The van der Waals surface area contributed by atoms with E-state index in [1.54, 1.807) is 29.8 Å². The molecule has 1 N–H and O–H groups in total. The standard InChI is InChI=1S/C25H22ClN3O4S/c1-4-10-33-19-9-8-16(12-20(19)32-3)18-13-21(30)27-23-22(18)24(31)28-25(29(23)2)34-14-15-6-5-7-17(26)11-15/h1,5-9,11-12,18H,10,13-14H2,2-3H3,(H,27,30)/t18-/m1/s1. The number of thioether (sulfide) groups is 1. The Kier molecular flexibility index (Phi) is 7.15. The van der Waals surface area contributed by atoms with Crippen LogP contribution in [0.1, 0.15) is 29.0 Å². The molecule has 4 rings (SSSR count). The lowest BCUT2D eigenvalue weighted by Crippen LogP contribution is -2.33. The number of fused-ring (bicyclic) bond motifs is 1. The van der Waals surface area contributed by atoms with Gasteiger partial charge in [0.15, 0.2) is 16.7 Å². The quantitative estimate of drug-likeness (QED) is 0.300. The average molecular weight is 496 g/mol. The van der Waals surface area contributed by atoms with Crippen LogP contribution in [0.2, 0.25) is 5.02 Å². The largest absolute Gasteiger partial charge is 0.493 e. The van der Waals surface area contributed by atoms with Gasteiger partial charge in [-0.1, -0.05) is 47.5 Å². The van der Waals surface area contributed by atoms with Crippen molar-refractivity contribution in [3.05, 3.63) is 74.5 Å². The molecule has 1 atom stereocenters. The Labute approximate surface area is 206 Å². The molecule has 1 aromatic heterocycles. The second-order valence-corrected chi connectivity index (χ2v) is 9.03. The maximum absolute atomic E-state index is 13.2. The van der Waals surface area contributed by atoms with E-state index < -0.39 is 5.92 Å². The van der Waals surface area contributed by atoms with E-state index in [1.165, 1.54) is 18.9 Å². The van der Waals surface area contributed by atoms with E-state index in [0.29, 0.717) is 38.8 Å². The average Bonchev–Trinajstić information content (AvgIpc) is 2.83. The number of carbonyl (C=O) groups is 1. The monoisotopic (exact) mass is 495 g/mol. The third kappa shape index (κ3) is 4.91. The second kappa shape index (κ2) is 10.2.